The molecule has 0 amide bonds. The normalized spacial score (nSPS) is 9.95. The topological polar surface area (TPSA) is 44.8 Å². The smallest absolute Gasteiger partial charge is 0.203 e. The van der Waals surface area contributed by atoms with Gasteiger partial charge in [-0.15, -0.1) is 0 Å². The number of ether oxygens (including phenoxy) is 3. The molecule has 0 N–H and O–H groups in total. The van der Waals surface area contributed by atoms with Gasteiger partial charge in [-0.25, -0.2) is 0 Å². The molecule has 0 aliphatic rings. The first-order valence-electron chi connectivity index (χ1n) is 6.14. The van der Waals surface area contributed by atoms with Crippen LogP contribution in [0.4, 0.5) is 0 Å². The van der Waals surface area contributed by atoms with Crippen LogP contribution in [-0.4, -0.2) is 20.5 Å². The van der Waals surface area contributed by atoms with E-state index >= 15 is 0 Å². The fourth-order valence-corrected chi connectivity index (χ4v) is 1.88. The minimum absolute atomic E-state index is 0.447. The number of aldehydes is 1. The second kappa shape index (κ2) is 6.10. The van der Waals surface area contributed by atoms with E-state index in [1.807, 2.05) is 31.2 Å². The number of hydrogen-bond donors (Lipinski definition) is 0. The van der Waals surface area contributed by atoms with E-state index in [1.54, 1.807) is 12.1 Å². The van der Waals surface area contributed by atoms with E-state index in [9.17, 15) is 4.79 Å². The highest BCUT2D eigenvalue weighted by Gasteiger charge is 2.15. The van der Waals surface area contributed by atoms with Gasteiger partial charge in [-0.05, 0) is 30.7 Å². The molecule has 0 fully saturated rings. The number of aryl methyl sites for hydroxylation is 1. The molecule has 0 bridgehead atoms. The van der Waals surface area contributed by atoms with E-state index in [4.69, 9.17) is 14.2 Å². The molecule has 0 spiro atoms. The summed E-state index contributed by atoms with van der Waals surface area (Å²) in [6.45, 7) is 1.95. The number of rotatable bonds is 5. The van der Waals surface area contributed by atoms with Gasteiger partial charge in [0.05, 0.1) is 14.2 Å². The van der Waals surface area contributed by atoms with Crippen molar-refractivity contribution in [3.05, 3.63) is 47.5 Å². The van der Waals surface area contributed by atoms with E-state index in [0.717, 1.165) is 11.8 Å². The Balaban J connectivity index is 2.49. The average molecular weight is 272 g/mol. The predicted molar refractivity (Wildman–Crippen MR) is 76.2 cm³/mol. The molecule has 104 valence electrons. The van der Waals surface area contributed by atoms with Crippen molar-refractivity contribution in [2.45, 2.75) is 6.92 Å². The minimum Gasteiger partial charge on any atom is -0.493 e. The first-order valence-corrected chi connectivity index (χ1v) is 6.14. The number of methoxy groups -OCH3 is 2. The van der Waals surface area contributed by atoms with Crippen LogP contribution in [0.1, 0.15) is 15.9 Å². The number of para-hydroxylation sites is 1. The summed E-state index contributed by atoms with van der Waals surface area (Å²) in [4.78, 5) is 11.0. The first-order chi connectivity index (χ1) is 9.69. The van der Waals surface area contributed by atoms with Gasteiger partial charge in [-0.2, -0.15) is 0 Å². The van der Waals surface area contributed by atoms with Crippen LogP contribution in [0.3, 0.4) is 0 Å². The van der Waals surface area contributed by atoms with Crippen molar-refractivity contribution in [1.82, 2.24) is 0 Å². The maximum Gasteiger partial charge on any atom is 0.203 e. The Bertz CT molecular complexity index is 620. The molecular formula is C16H16O4. The lowest BCUT2D eigenvalue weighted by atomic mass is 10.2. The van der Waals surface area contributed by atoms with E-state index < -0.39 is 0 Å². The minimum atomic E-state index is 0.447. The molecule has 0 unspecified atom stereocenters. The van der Waals surface area contributed by atoms with Gasteiger partial charge in [0.15, 0.2) is 11.5 Å². The molecule has 4 nitrogen and oxygen atoms in total. The summed E-state index contributed by atoms with van der Waals surface area (Å²) in [5.74, 6) is 2.07. The second-order valence-corrected chi connectivity index (χ2v) is 4.24. The Morgan fingerprint density at radius 2 is 1.65 bits per heavy atom. The molecule has 20 heavy (non-hydrogen) atoms. The standard InChI is InChI=1S/C16H16O4/c1-11-6-4-5-7-13(11)20-15-9-12(10-17)8-14(18-2)16(15)19-3/h4-10H,1-3H3. The first kappa shape index (κ1) is 13.9. The molecule has 0 aliphatic heterocycles. The highest BCUT2D eigenvalue weighted by atomic mass is 16.5. The van der Waals surface area contributed by atoms with Gasteiger partial charge in [-0.3, -0.25) is 4.79 Å². The molecule has 0 aliphatic carbocycles. The van der Waals surface area contributed by atoms with Crippen LogP contribution in [0.5, 0.6) is 23.0 Å². The monoisotopic (exact) mass is 272 g/mol. The zero-order valence-corrected chi connectivity index (χ0v) is 11.7. The van der Waals surface area contributed by atoms with Crippen molar-refractivity contribution < 1.29 is 19.0 Å². The van der Waals surface area contributed by atoms with Crippen LogP contribution in [0, 0.1) is 6.92 Å². The Morgan fingerprint density at radius 3 is 2.25 bits per heavy atom. The second-order valence-electron chi connectivity index (χ2n) is 4.24. The third-order valence-electron chi connectivity index (χ3n) is 2.92. The zero-order chi connectivity index (χ0) is 14.5. The molecule has 0 radical (unpaired) electrons. The van der Waals surface area contributed by atoms with Gasteiger partial charge in [0.25, 0.3) is 0 Å². The molecule has 0 aromatic heterocycles. The predicted octanol–water partition coefficient (Wildman–Crippen LogP) is 3.62. The van der Waals surface area contributed by atoms with Crippen molar-refractivity contribution >= 4 is 6.29 Å². The van der Waals surface area contributed by atoms with Crippen LogP contribution >= 0.6 is 0 Å². The van der Waals surface area contributed by atoms with Crippen molar-refractivity contribution in [1.29, 1.82) is 0 Å². The van der Waals surface area contributed by atoms with Crippen LogP contribution in [0.25, 0.3) is 0 Å². The molecular weight excluding hydrogens is 256 g/mol. The van der Waals surface area contributed by atoms with Crippen molar-refractivity contribution in [3.8, 4) is 23.0 Å². The van der Waals surface area contributed by atoms with E-state index in [-0.39, 0.29) is 0 Å². The number of benzene rings is 2. The number of carbonyl (C=O) groups is 1. The Morgan fingerprint density at radius 1 is 0.950 bits per heavy atom. The molecule has 2 aromatic carbocycles. The highest BCUT2D eigenvalue weighted by molar-refractivity contribution is 5.78. The highest BCUT2D eigenvalue weighted by Crippen LogP contribution is 2.40. The maximum absolute atomic E-state index is 11.0. The molecule has 0 atom stereocenters. The SMILES string of the molecule is COc1cc(C=O)cc(Oc2ccccc2C)c1OC. The summed E-state index contributed by atoms with van der Waals surface area (Å²) in [6, 6.07) is 10.9. The lowest BCUT2D eigenvalue weighted by Crippen LogP contribution is -1.97. The molecule has 0 saturated carbocycles. The molecule has 0 saturated heterocycles. The maximum atomic E-state index is 11.0. The van der Waals surface area contributed by atoms with Crippen LogP contribution in [-0.2, 0) is 0 Å². The molecule has 2 rings (SSSR count). The summed E-state index contributed by atoms with van der Waals surface area (Å²) in [5.41, 5.74) is 1.45. The quantitative estimate of drug-likeness (QED) is 0.780. The largest absolute Gasteiger partial charge is 0.493 e. The van der Waals surface area contributed by atoms with Gasteiger partial charge in [0.2, 0.25) is 5.75 Å². The zero-order valence-electron chi connectivity index (χ0n) is 11.7. The number of hydrogen-bond acceptors (Lipinski definition) is 4. The van der Waals surface area contributed by atoms with E-state index in [0.29, 0.717) is 28.6 Å². The third kappa shape index (κ3) is 2.74. The van der Waals surface area contributed by atoms with Crippen LogP contribution in [0.2, 0.25) is 0 Å². The number of carbonyl (C=O) groups excluding carboxylic acids is 1. The average Bonchev–Trinajstić information content (AvgIpc) is 2.48. The molecule has 2 aromatic rings. The van der Waals surface area contributed by atoms with Gasteiger partial charge < -0.3 is 14.2 Å². The summed E-state index contributed by atoms with van der Waals surface area (Å²) < 4.78 is 16.4. The summed E-state index contributed by atoms with van der Waals surface area (Å²) in [7, 11) is 3.05. The van der Waals surface area contributed by atoms with Gasteiger partial charge in [0.1, 0.15) is 12.0 Å². The van der Waals surface area contributed by atoms with Crippen molar-refractivity contribution in [3.63, 3.8) is 0 Å². The molecule has 4 heteroatoms. The fourth-order valence-electron chi connectivity index (χ4n) is 1.88. The van der Waals surface area contributed by atoms with E-state index in [1.165, 1.54) is 14.2 Å². The lowest BCUT2D eigenvalue weighted by molar-refractivity contribution is 0.112. The van der Waals surface area contributed by atoms with Crippen LogP contribution < -0.4 is 14.2 Å². The van der Waals surface area contributed by atoms with E-state index in [2.05, 4.69) is 0 Å². The fraction of sp³-hybridized carbons (Fsp3) is 0.188. The Hall–Kier alpha value is -2.49. The molecule has 0 heterocycles. The van der Waals surface area contributed by atoms with Gasteiger partial charge in [0, 0.05) is 5.56 Å². The Kier molecular flexibility index (Phi) is 4.25. The third-order valence-corrected chi connectivity index (χ3v) is 2.92. The van der Waals surface area contributed by atoms with Crippen LogP contribution in [0.15, 0.2) is 36.4 Å². The van der Waals surface area contributed by atoms with Crippen molar-refractivity contribution in [2.75, 3.05) is 14.2 Å². The summed E-state index contributed by atoms with van der Waals surface area (Å²) in [5, 5.41) is 0. The van der Waals surface area contributed by atoms with Gasteiger partial charge in [-0.1, -0.05) is 18.2 Å². The lowest BCUT2D eigenvalue weighted by Gasteiger charge is -2.15. The van der Waals surface area contributed by atoms with Crippen molar-refractivity contribution in [2.24, 2.45) is 0 Å². The summed E-state index contributed by atoms with van der Waals surface area (Å²) in [6.07, 6.45) is 0.743. The summed E-state index contributed by atoms with van der Waals surface area (Å²) >= 11 is 0. The Labute approximate surface area is 117 Å². The van der Waals surface area contributed by atoms with Gasteiger partial charge >= 0.3 is 0 Å².